The average Bonchev–Trinajstić information content (AvgIpc) is 2.52. The predicted molar refractivity (Wildman–Crippen MR) is 52.2 cm³/mol. The Morgan fingerprint density at radius 1 is 1.29 bits per heavy atom. The molecule has 0 atom stereocenters. The summed E-state index contributed by atoms with van der Waals surface area (Å²) in [4.78, 5) is 11.3. The van der Waals surface area contributed by atoms with Crippen LogP contribution >= 0.6 is 0 Å². The number of hydrogen-bond acceptors (Lipinski definition) is 3. The summed E-state index contributed by atoms with van der Waals surface area (Å²) in [5.74, 6) is 5.32. The van der Waals surface area contributed by atoms with Crippen LogP contribution in [0.15, 0.2) is 41.5 Å². The zero-order valence-electron chi connectivity index (χ0n) is 7.50. The maximum Gasteiger partial charge on any atom is 0.364 e. The summed E-state index contributed by atoms with van der Waals surface area (Å²) in [6, 6.07) is 9.62. The molecule has 5 heteroatoms. The maximum absolute atomic E-state index is 11.3. The highest BCUT2D eigenvalue weighted by molar-refractivity contribution is 5.14. The summed E-state index contributed by atoms with van der Waals surface area (Å²) in [5.41, 5.74) is 0.710. The fraction of sp³-hybridized carbons (Fsp3) is 0.111. The van der Waals surface area contributed by atoms with E-state index in [-0.39, 0.29) is 5.69 Å². The van der Waals surface area contributed by atoms with Gasteiger partial charge in [-0.15, -0.1) is 0 Å². The summed E-state index contributed by atoms with van der Waals surface area (Å²) >= 11 is 0. The van der Waals surface area contributed by atoms with Gasteiger partial charge in [0.05, 0.1) is 6.54 Å². The van der Waals surface area contributed by atoms with E-state index in [1.807, 2.05) is 30.3 Å². The van der Waals surface area contributed by atoms with Crippen LogP contribution in [0.1, 0.15) is 5.56 Å². The van der Waals surface area contributed by atoms with Crippen molar-refractivity contribution < 1.29 is 0 Å². The van der Waals surface area contributed by atoms with Crippen molar-refractivity contribution in [2.75, 3.05) is 5.84 Å². The molecule has 0 unspecified atom stereocenters. The first-order valence-corrected chi connectivity index (χ1v) is 4.21. The Labute approximate surface area is 80.4 Å². The Kier molecular flexibility index (Phi) is 2.06. The van der Waals surface area contributed by atoms with Crippen LogP contribution in [-0.4, -0.2) is 14.5 Å². The molecule has 72 valence electrons. The van der Waals surface area contributed by atoms with Crippen LogP contribution < -0.4 is 11.5 Å². The zero-order valence-corrected chi connectivity index (χ0v) is 7.50. The minimum atomic E-state index is -0.311. The molecule has 0 saturated carbocycles. The molecule has 2 rings (SSSR count). The molecule has 2 N–H and O–H groups in total. The number of hydrogen-bond donors (Lipinski definition) is 1. The van der Waals surface area contributed by atoms with Gasteiger partial charge in [-0.3, -0.25) is 0 Å². The Hall–Kier alpha value is -2.04. The van der Waals surface area contributed by atoms with Gasteiger partial charge in [-0.1, -0.05) is 30.3 Å². The lowest BCUT2D eigenvalue weighted by atomic mass is 10.2. The number of rotatable bonds is 2. The van der Waals surface area contributed by atoms with Crippen molar-refractivity contribution in [3.8, 4) is 0 Å². The molecule has 0 radical (unpaired) electrons. The molecule has 0 aliphatic heterocycles. The third-order valence-electron chi connectivity index (χ3n) is 1.93. The van der Waals surface area contributed by atoms with E-state index < -0.39 is 0 Å². The van der Waals surface area contributed by atoms with Crippen LogP contribution in [-0.2, 0) is 6.54 Å². The zero-order chi connectivity index (χ0) is 9.97. The minimum Gasteiger partial charge on any atom is -0.334 e. The number of nitrogens with two attached hydrogens (primary N) is 1. The normalized spacial score (nSPS) is 10.3. The molecule has 0 aliphatic carbocycles. The van der Waals surface area contributed by atoms with Gasteiger partial charge in [0.2, 0.25) is 0 Å². The smallest absolute Gasteiger partial charge is 0.334 e. The molecule has 1 heterocycles. The van der Waals surface area contributed by atoms with Gasteiger partial charge >= 0.3 is 5.69 Å². The summed E-state index contributed by atoms with van der Waals surface area (Å²) in [6.07, 6.45) is 1.30. The van der Waals surface area contributed by atoms with Gasteiger partial charge < -0.3 is 5.84 Å². The molecule has 1 aromatic heterocycles. The summed E-state index contributed by atoms with van der Waals surface area (Å²) in [6.45, 7) is 0.448. The third-order valence-corrected chi connectivity index (χ3v) is 1.93. The number of benzene rings is 1. The minimum absolute atomic E-state index is 0.311. The van der Waals surface area contributed by atoms with E-state index in [9.17, 15) is 4.79 Å². The Morgan fingerprint density at radius 3 is 2.57 bits per heavy atom. The first kappa shape index (κ1) is 8.55. The second-order valence-electron chi connectivity index (χ2n) is 2.96. The van der Waals surface area contributed by atoms with Crippen LogP contribution in [0.2, 0.25) is 0 Å². The SMILES string of the molecule is Nn1cnn(Cc2ccccc2)c1=O. The quantitative estimate of drug-likeness (QED) is 0.667. The summed E-state index contributed by atoms with van der Waals surface area (Å²) in [7, 11) is 0. The van der Waals surface area contributed by atoms with Gasteiger partial charge in [-0.2, -0.15) is 9.77 Å². The molecule has 0 saturated heterocycles. The summed E-state index contributed by atoms with van der Waals surface area (Å²) < 4.78 is 2.28. The summed E-state index contributed by atoms with van der Waals surface area (Å²) in [5, 5.41) is 3.85. The molecule has 1 aromatic carbocycles. The van der Waals surface area contributed by atoms with Gasteiger partial charge in [0.25, 0.3) is 0 Å². The molecule has 0 spiro atoms. The van der Waals surface area contributed by atoms with Crippen molar-refractivity contribution in [3.05, 3.63) is 52.7 Å². The predicted octanol–water partition coefficient (Wildman–Crippen LogP) is -0.193. The molecule has 14 heavy (non-hydrogen) atoms. The van der Waals surface area contributed by atoms with Gasteiger partial charge in [0.15, 0.2) is 0 Å². The van der Waals surface area contributed by atoms with Gasteiger partial charge in [-0.25, -0.2) is 9.48 Å². The van der Waals surface area contributed by atoms with Crippen molar-refractivity contribution in [2.45, 2.75) is 6.54 Å². The Bertz CT molecular complexity index is 471. The number of nitrogens with zero attached hydrogens (tertiary/aromatic N) is 3. The van der Waals surface area contributed by atoms with E-state index in [0.717, 1.165) is 10.2 Å². The highest BCUT2D eigenvalue weighted by Crippen LogP contribution is 1.98. The molecule has 2 aromatic rings. The highest BCUT2D eigenvalue weighted by atomic mass is 16.2. The topological polar surface area (TPSA) is 65.8 Å². The highest BCUT2D eigenvalue weighted by Gasteiger charge is 2.01. The van der Waals surface area contributed by atoms with Gasteiger partial charge in [-0.05, 0) is 5.56 Å². The standard InChI is InChI=1S/C9H10N4O/c10-12-7-11-13(9(12)14)6-8-4-2-1-3-5-8/h1-5,7H,6,10H2. The van der Waals surface area contributed by atoms with Crippen LogP contribution in [0.25, 0.3) is 0 Å². The number of nitrogen functional groups attached to an aromatic ring is 1. The number of aromatic nitrogens is 3. The van der Waals surface area contributed by atoms with E-state index in [1.165, 1.54) is 11.0 Å². The second kappa shape index (κ2) is 3.37. The van der Waals surface area contributed by atoms with Crippen molar-refractivity contribution >= 4 is 0 Å². The Balaban J connectivity index is 2.28. The van der Waals surface area contributed by atoms with E-state index in [0.29, 0.717) is 6.54 Å². The largest absolute Gasteiger partial charge is 0.364 e. The monoisotopic (exact) mass is 190 g/mol. The first-order valence-electron chi connectivity index (χ1n) is 4.21. The molecule has 0 amide bonds. The average molecular weight is 190 g/mol. The Morgan fingerprint density at radius 2 is 2.00 bits per heavy atom. The molecular formula is C9H10N4O. The fourth-order valence-electron chi connectivity index (χ4n) is 1.21. The van der Waals surface area contributed by atoms with Crippen LogP contribution in [0.3, 0.4) is 0 Å². The lowest BCUT2D eigenvalue weighted by Gasteiger charge is -1.98. The molecule has 0 bridgehead atoms. The van der Waals surface area contributed by atoms with Crippen LogP contribution in [0.4, 0.5) is 0 Å². The molecule has 0 fully saturated rings. The van der Waals surface area contributed by atoms with E-state index >= 15 is 0 Å². The van der Waals surface area contributed by atoms with Crippen molar-refractivity contribution in [1.82, 2.24) is 14.5 Å². The molecule has 5 nitrogen and oxygen atoms in total. The van der Waals surface area contributed by atoms with Crippen LogP contribution in [0, 0.1) is 0 Å². The lowest BCUT2D eigenvalue weighted by Crippen LogP contribution is -2.29. The van der Waals surface area contributed by atoms with Gasteiger partial charge in [0, 0.05) is 0 Å². The fourth-order valence-corrected chi connectivity index (χ4v) is 1.21. The van der Waals surface area contributed by atoms with Crippen molar-refractivity contribution in [1.29, 1.82) is 0 Å². The van der Waals surface area contributed by atoms with E-state index in [4.69, 9.17) is 5.84 Å². The third kappa shape index (κ3) is 1.52. The second-order valence-corrected chi connectivity index (χ2v) is 2.96. The first-order chi connectivity index (χ1) is 6.77. The van der Waals surface area contributed by atoms with Crippen LogP contribution in [0.5, 0.6) is 0 Å². The van der Waals surface area contributed by atoms with Crippen molar-refractivity contribution in [2.24, 2.45) is 0 Å². The molecule has 0 aliphatic rings. The maximum atomic E-state index is 11.3. The lowest BCUT2D eigenvalue weighted by molar-refractivity contribution is 0.651. The van der Waals surface area contributed by atoms with E-state index in [2.05, 4.69) is 5.10 Å². The molecular weight excluding hydrogens is 180 g/mol. The van der Waals surface area contributed by atoms with Crippen molar-refractivity contribution in [3.63, 3.8) is 0 Å². The van der Waals surface area contributed by atoms with E-state index in [1.54, 1.807) is 0 Å². The van der Waals surface area contributed by atoms with Gasteiger partial charge in [0.1, 0.15) is 6.33 Å².